The minimum atomic E-state index is -0.452. The fraction of sp³-hybridized carbons (Fsp3) is 0.292. The number of fused-ring (bicyclic) bond motifs is 1. The number of ether oxygens (including phenoxy) is 2. The molecule has 1 aliphatic carbocycles. The Morgan fingerprint density at radius 1 is 1.13 bits per heavy atom. The van der Waals surface area contributed by atoms with Crippen LogP contribution in [0.4, 0.5) is 0 Å². The number of methoxy groups -OCH3 is 2. The second-order valence-corrected chi connectivity index (χ2v) is 7.15. The molecule has 2 aromatic carbocycles. The molecule has 0 amide bonds. The van der Waals surface area contributed by atoms with Crippen LogP contribution in [0.1, 0.15) is 23.1 Å². The lowest BCUT2D eigenvalue weighted by Gasteiger charge is -2.31. The zero-order valence-electron chi connectivity index (χ0n) is 17.6. The van der Waals surface area contributed by atoms with E-state index in [1.165, 1.54) is 29.4 Å². The first-order valence-electron chi connectivity index (χ1n) is 9.64. The lowest BCUT2D eigenvalue weighted by molar-refractivity contribution is -0.136. The molecule has 0 radical (unpaired) electrons. The van der Waals surface area contributed by atoms with E-state index in [2.05, 4.69) is 30.0 Å². The molecule has 5 nitrogen and oxygen atoms in total. The predicted octanol–water partition coefficient (Wildman–Crippen LogP) is 4.66. The molecule has 0 saturated carbocycles. The van der Waals surface area contributed by atoms with Gasteiger partial charge in [-0.2, -0.15) is 0 Å². The van der Waals surface area contributed by atoms with Crippen molar-refractivity contribution in [2.24, 2.45) is 0 Å². The van der Waals surface area contributed by atoms with Gasteiger partial charge >= 0.3 is 5.97 Å². The van der Waals surface area contributed by atoms with Crippen molar-refractivity contribution >= 4 is 30.0 Å². The Balaban J connectivity index is 0.000000341. The number of hydrogen-bond donors (Lipinski definition) is 1. The molecule has 0 bridgehead atoms. The van der Waals surface area contributed by atoms with Gasteiger partial charge in [0.1, 0.15) is 11.5 Å². The highest BCUT2D eigenvalue weighted by Gasteiger charge is 2.27. The fourth-order valence-electron chi connectivity index (χ4n) is 3.41. The number of benzene rings is 2. The molecule has 1 aliphatic heterocycles. The van der Waals surface area contributed by atoms with E-state index >= 15 is 0 Å². The van der Waals surface area contributed by atoms with Gasteiger partial charge in [-0.15, -0.1) is 12.4 Å². The molecule has 0 unspecified atom stereocenters. The van der Waals surface area contributed by atoms with Crippen LogP contribution in [0.25, 0.3) is 11.6 Å². The number of nitrogens with zero attached hydrogens (tertiary/aromatic N) is 1. The molecule has 2 aromatic rings. The average molecular weight is 430 g/mol. The third kappa shape index (κ3) is 5.65. The first kappa shape index (κ1) is 23.5. The topological polar surface area (TPSA) is 59.0 Å². The van der Waals surface area contributed by atoms with Gasteiger partial charge in [-0.3, -0.25) is 4.90 Å². The van der Waals surface area contributed by atoms with Crippen molar-refractivity contribution in [2.45, 2.75) is 13.3 Å². The molecule has 0 saturated heterocycles. The number of aliphatic hydroxyl groups excluding tert-OH is 1. The van der Waals surface area contributed by atoms with Gasteiger partial charge in [0.2, 0.25) is 0 Å². The molecule has 6 heteroatoms. The maximum absolute atomic E-state index is 11.7. The number of aryl methyl sites for hydroxylation is 1. The molecule has 2 aliphatic rings. The number of carbonyl (C=O) groups is 1. The molecule has 0 fully saturated rings. The summed E-state index contributed by atoms with van der Waals surface area (Å²) in [7, 11) is 2.99. The second-order valence-electron chi connectivity index (χ2n) is 7.15. The fourth-order valence-corrected chi connectivity index (χ4v) is 3.41. The van der Waals surface area contributed by atoms with Gasteiger partial charge in [0.05, 0.1) is 19.8 Å². The van der Waals surface area contributed by atoms with Gasteiger partial charge in [0, 0.05) is 26.1 Å². The predicted molar refractivity (Wildman–Crippen MR) is 122 cm³/mol. The Kier molecular flexibility index (Phi) is 8.51. The zero-order valence-corrected chi connectivity index (χ0v) is 18.4. The van der Waals surface area contributed by atoms with Crippen molar-refractivity contribution in [3.05, 3.63) is 76.6 Å². The standard InChI is InChI=1S/C17H19NO4.C7H8.ClH/c1-21-13-4-3-11-7-12(14(11)8-13)9-18-6-5-16(19)15(10-18)17(20)22-2;1-7-5-3-2-4-6-7;/h3-4,7-8,19H,5-6,9-10H2,1-2H3;2-6H,1H3;1H. The van der Waals surface area contributed by atoms with Crippen LogP contribution in [0.3, 0.4) is 0 Å². The van der Waals surface area contributed by atoms with Crippen molar-refractivity contribution in [2.75, 3.05) is 33.9 Å². The molecule has 0 spiro atoms. The average Bonchev–Trinajstić information content (AvgIpc) is 2.73. The van der Waals surface area contributed by atoms with E-state index in [-0.39, 0.29) is 18.2 Å². The van der Waals surface area contributed by atoms with E-state index in [4.69, 9.17) is 9.47 Å². The smallest absolute Gasteiger partial charge is 0.338 e. The van der Waals surface area contributed by atoms with Crippen molar-refractivity contribution in [3.63, 3.8) is 0 Å². The first-order valence-corrected chi connectivity index (χ1v) is 9.64. The Morgan fingerprint density at radius 2 is 1.87 bits per heavy atom. The number of carbonyl (C=O) groups excluding carboxylic acids is 1. The molecule has 30 heavy (non-hydrogen) atoms. The maximum Gasteiger partial charge on any atom is 0.338 e. The van der Waals surface area contributed by atoms with Crippen molar-refractivity contribution < 1.29 is 19.4 Å². The van der Waals surface area contributed by atoms with E-state index in [0.29, 0.717) is 18.5 Å². The maximum atomic E-state index is 11.7. The quantitative estimate of drug-likeness (QED) is 0.716. The van der Waals surface area contributed by atoms with Crippen LogP contribution < -0.4 is 4.74 Å². The van der Waals surface area contributed by atoms with Crippen LogP contribution in [-0.2, 0) is 9.53 Å². The minimum Gasteiger partial charge on any atom is -0.512 e. The Morgan fingerprint density at radius 3 is 2.47 bits per heavy atom. The summed E-state index contributed by atoms with van der Waals surface area (Å²) in [5.41, 5.74) is 5.30. The van der Waals surface area contributed by atoms with E-state index in [9.17, 15) is 9.90 Å². The van der Waals surface area contributed by atoms with Crippen LogP contribution >= 0.6 is 12.4 Å². The van der Waals surface area contributed by atoms with Crippen LogP contribution in [0, 0.1) is 6.92 Å². The molecule has 160 valence electrons. The van der Waals surface area contributed by atoms with Crippen LogP contribution in [-0.4, -0.2) is 49.8 Å². The van der Waals surface area contributed by atoms with E-state index in [1.807, 2.05) is 36.4 Å². The summed E-state index contributed by atoms with van der Waals surface area (Å²) < 4.78 is 9.98. The highest BCUT2D eigenvalue weighted by atomic mass is 35.5. The number of rotatable bonds is 4. The summed E-state index contributed by atoms with van der Waals surface area (Å²) in [5.74, 6) is 0.537. The first-order chi connectivity index (χ1) is 14.0. The number of hydrogen-bond acceptors (Lipinski definition) is 5. The summed E-state index contributed by atoms with van der Waals surface area (Å²) in [4.78, 5) is 13.8. The Labute approximate surface area is 184 Å². The molecule has 0 atom stereocenters. The van der Waals surface area contributed by atoms with E-state index in [0.717, 1.165) is 18.8 Å². The summed E-state index contributed by atoms with van der Waals surface area (Å²) >= 11 is 0. The monoisotopic (exact) mass is 429 g/mol. The second kappa shape index (κ2) is 10.9. The largest absolute Gasteiger partial charge is 0.512 e. The molecule has 1 N–H and O–H groups in total. The molecular weight excluding hydrogens is 402 g/mol. The lowest BCUT2D eigenvalue weighted by atomic mass is 9.87. The summed E-state index contributed by atoms with van der Waals surface area (Å²) in [6, 6.07) is 16.3. The van der Waals surface area contributed by atoms with Crippen LogP contribution in [0.2, 0.25) is 0 Å². The van der Waals surface area contributed by atoms with Gasteiger partial charge in [-0.05, 0) is 41.8 Å². The van der Waals surface area contributed by atoms with E-state index < -0.39 is 5.97 Å². The van der Waals surface area contributed by atoms with Gasteiger partial charge in [0.15, 0.2) is 0 Å². The zero-order chi connectivity index (χ0) is 20.8. The third-order valence-corrected chi connectivity index (χ3v) is 5.10. The highest BCUT2D eigenvalue weighted by Crippen LogP contribution is 2.36. The lowest BCUT2D eigenvalue weighted by Crippen LogP contribution is -2.36. The molecule has 0 aromatic heterocycles. The van der Waals surface area contributed by atoms with Gasteiger partial charge in [-0.25, -0.2) is 4.79 Å². The molecule has 4 rings (SSSR count). The van der Waals surface area contributed by atoms with Crippen molar-refractivity contribution in [3.8, 4) is 5.75 Å². The summed E-state index contributed by atoms with van der Waals surface area (Å²) in [5, 5.41) is 9.84. The minimum absolute atomic E-state index is 0. The number of halogens is 1. The summed E-state index contributed by atoms with van der Waals surface area (Å²) in [6.45, 7) is 3.96. The number of aliphatic hydroxyl groups is 1. The number of esters is 1. The summed E-state index contributed by atoms with van der Waals surface area (Å²) in [6.07, 6.45) is 2.62. The van der Waals surface area contributed by atoms with Crippen LogP contribution in [0.5, 0.6) is 5.75 Å². The normalized spacial score (nSPS) is 14.8. The van der Waals surface area contributed by atoms with Gasteiger partial charge in [0.25, 0.3) is 0 Å². The third-order valence-electron chi connectivity index (χ3n) is 5.10. The Hall–Kier alpha value is -2.76. The van der Waals surface area contributed by atoms with Crippen molar-refractivity contribution in [1.29, 1.82) is 0 Å². The Bertz CT molecular complexity index is 937. The SMILES string of the molecule is COC(=O)C1=C(O)CCN(CC2=Cc3ccc(OC)cc32)C1.Cc1ccccc1.Cl. The van der Waals surface area contributed by atoms with Crippen LogP contribution in [0.15, 0.2) is 59.9 Å². The van der Waals surface area contributed by atoms with E-state index in [1.54, 1.807) is 7.11 Å². The van der Waals surface area contributed by atoms with Gasteiger partial charge in [-0.1, -0.05) is 42.0 Å². The molecular formula is C24H28ClNO4. The van der Waals surface area contributed by atoms with Crippen molar-refractivity contribution in [1.82, 2.24) is 4.90 Å². The van der Waals surface area contributed by atoms with Gasteiger partial charge < -0.3 is 14.6 Å². The molecule has 1 heterocycles. The highest BCUT2D eigenvalue weighted by molar-refractivity contribution is 5.97.